The molecule has 3 rings (SSSR count). The zero-order valence-electron chi connectivity index (χ0n) is 11.0. The minimum Gasteiger partial charge on any atom is -0.371 e. The lowest BCUT2D eigenvalue weighted by Crippen LogP contribution is -1.98. The van der Waals surface area contributed by atoms with Gasteiger partial charge in [-0.05, 0) is 54.8 Å². The third kappa shape index (κ3) is 3.05. The number of allylic oxidation sites excluding steroid dienone is 2. The van der Waals surface area contributed by atoms with E-state index in [1.165, 1.54) is 4.80 Å². The molecule has 5 nitrogen and oxygen atoms in total. The van der Waals surface area contributed by atoms with Gasteiger partial charge in [0.1, 0.15) is 0 Å². The molecular formula is C14H14ClN5. The van der Waals surface area contributed by atoms with Crippen molar-refractivity contribution in [2.24, 2.45) is 0 Å². The Morgan fingerprint density at radius 2 is 2.00 bits per heavy atom. The number of halogens is 1. The molecule has 2 aromatic rings. The molecule has 102 valence electrons. The maximum atomic E-state index is 5.84. The lowest BCUT2D eigenvalue weighted by atomic mass is 10.3. The van der Waals surface area contributed by atoms with Crippen LogP contribution >= 0.6 is 11.6 Å². The van der Waals surface area contributed by atoms with Gasteiger partial charge in [-0.1, -0.05) is 17.7 Å². The molecule has 0 amide bonds. The number of rotatable bonds is 4. The first-order valence-corrected chi connectivity index (χ1v) is 6.77. The number of nitrogens with zero attached hydrogens (tertiary/aromatic N) is 5. The van der Waals surface area contributed by atoms with Crippen LogP contribution in [0.3, 0.4) is 0 Å². The number of benzene rings is 1. The van der Waals surface area contributed by atoms with Crippen LogP contribution < -0.4 is 0 Å². The summed E-state index contributed by atoms with van der Waals surface area (Å²) in [6, 6.07) is 7.95. The summed E-state index contributed by atoms with van der Waals surface area (Å²) in [5, 5.41) is 12.9. The number of aromatic nitrogens is 4. The van der Waals surface area contributed by atoms with E-state index in [1.54, 1.807) is 12.1 Å². The largest absolute Gasteiger partial charge is 0.371 e. The van der Waals surface area contributed by atoms with Crippen LogP contribution in [0.25, 0.3) is 11.8 Å². The Hall–Kier alpha value is -2.14. The number of hydrogen-bond acceptors (Lipinski definition) is 4. The molecule has 0 radical (unpaired) electrons. The summed E-state index contributed by atoms with van der Waals surface area (Å²) in [7, 11) is 0. The van der Waals surface area contributed by atoms with Crippen molar-refractivity contribution in [1.29, 1.82) is 0 Å². The molecule has 1 saturated heterocycles. The van der Waals surface area contributed by atoms with E-state index in [4.69, 9.17) is 11.6 Å². The first-order valence-electron chi connectivity index (χ1n) is 6.39. The zero-order valence-corrected chi connectivity index (χ0v) is 11.8. The Labute approximate surface area is 122 Å². The summed E-state index contributed by atoms with van der Waals surface area (Å²) >= 11 is 5.84. The van der Waals surface area contributed by atoms with Crippen molar-refractivity contribution in [2.75, 3.05) is 6.54 Å². The minimum atomic E-state index is 0.573. The van der Waals surface area contributed by atoms with E-state index in [-0.39, 0.29) is 0 Å². The molecule has 0 N–H and O–H groups in total. The fraction of sp³-hybridized carbons (Fsp3) is 0.214. The molecule has 1 aromatic heterocycles. The summed E-state index contributed by atoms with van der Waals surface area (Å²) in [6.07, 6.45) is 7.77. The Morgan fingerprint density at radius 1 is 1.25 bits per heavy atom. The lowest BCUT2D eigenvalue weighted by molar-refractivity contribution is 0.702. The van der Waals surface area contributed by atoms with Gasteiger partial charge in [0.05, 0.1) is 5.69 Å². The van der Waals surface area contributed by atoms with E-state index in [9.17, 15) is 0 Å². The van der Waals surface area contributed by atoms with E-state index in [0.29, 0.717) is 16.9 Å². The third-order valence-corrected chi connectivity index (χ3v) is 3.28. The van der Waals surface area contributed by atoms with Gasteiger partial charge in [-0.15, -0.1) is 15.0 Å². The van der Waals surface area contributed by atoms with Gasteiger partial charge in [0.25, 0.3) is 0 Å². The Bertz CT molecular complexity index is 644. The fourth-order valence-corrected chi connectivity index (χ4v) is 1.87. The van der Waals surface area contributed by atoms with E-state index < -0.39 is 0 Å². The van der Waals surface area contributed by atoms with Crippen molar-refractivity contribution in [1.82, 2.24) is 25.1 Å². The molecule has 1 aliphatic heterocycles. The second-order valence-corrected chi connectivity index (χ2v) is 5.10. The topological polar surface area (TPSA) is 46.6 Å². The van der Waals surface area contributed by atoms with E-state index in [0.717, 1.165) is 12.2 Å². The SMILES string of the molecule is CC1CN1/C=C/C=C\c1nnn(-c2ccc(Cl)cc2)n1. The van der Waals surface area contributed by atoms with Crippen LogP contribution in [-0.2, 0) is 0 Å². The third-order valence-electron chi connectivity index (χ3n) is 3.03. The number of hydrogen-bond donors (Lipinski definition) is 0. The summed E-state index contributed by atoms with van der Waals surface area (Å²) < 4.78 is 0. The Balaban J connectivity index is 1.65. The van der Waals surface area contributed by atoms with Crippen molar-refractivity contribution >= 4 is 17.7 Å². The molecule has 0 saturated carbocycles. The van der Waals surface area contributed by atoms with Crippen LogP contribution in [0.15, 0.2) is 42.6 Å². The summed E-state index contributed by atoms with van der Waals surface area (Å²) in [6.45, 7) is 3.32. The molecule has 6 heteroatoms. The van der Waals surface area contributed by atoms with Crippen LogP contribution in [0, 0.1) is 0 Å². The van der Waals surface area contributed by atoms with Gasteiger partial charge >= 0.3 is 0 Å². The fourth-order valence-electron chi connectivity index (χ4n) is 1.74. The molecule has 1 aliphatic rings. The lowest BCUT2D eigenvalue weighted by Gasteiger charge is -1.96. The van der Waals surface area contributed by atoms with E-state index in [2.05, 4.69) is 33.4 Å². The first kappa shape index (κ1) is 12.9. The Morgan fingerprint density at radius 3 is 2.70 bits per heavy atom. The molecule has 0 bridgehead atoms. The summed E-state index contributed by atoms with van der Waals surface area (Å²) in [4.78, 5) is 3.72. The van der Waals surface area contributed by atoms with Gasteiger partial charge in [0.2, 0.25) is 0 Å². The smallest absolute Gasteiger partial charge is 0.198 e. The number of tetrazole rings is 1. The second kappa shape index (κ2) is 5.46. The van der Waals surface area contributed by atoms with Gasteiger partial charge in [-0.25, -0.2) is 0 Å². The summed E-state index contributed by atoms with van der Waals surface area (Å²) in [5.41, 5.74) is 0.829. The Kier molecular flexibility index (Phi) is 3.52. The van der Waals surface area contributed by atoms with Crippen molar-refractivity contribution in [3.63, 3.8) is 0 Å². The normalized spacial score (nSPS) is 18.3. The quantitative estimate of drug-likeness (QED) is 0.640. The molecule has 1 fully saturated rings. The summed E-state index contributed by atoms with van der Waals surface area (Å²) in [5.74, 6) is 0.573. The van der Waals surface area contributed by atoms with Crippen LogP contribution in [-0.4, -0.2) is 37.7 Å². The highest BCUT2D eigenvalue weighted by Crippen LogP contribution is 2.15. The molecular weight excluding hydrogens is 274 g/mol. The molecule has 1 atom stereocenters. The predicted octanol–water partition coefficient (Wildman–Crippen LogP) is 2.55. The van der Waals surface area contributed by atoms with Crippen LogP contribution in [0.2, 0.25) is 5.02 Å². The standard InChI is InChI=1S/C14H14ClN5/c1-11-10-19(11)9-3-2-4-14-16-18-20(17-14)13-7-5-12(15)6-8-13/h2-9,11H,10H2,1H3/b4-2-,9-3+. The molecule has 20 heavy (non-hydrogen) atoms. The van der Waals surface area contributed by atoms with Gasteiger partial charge < -0.3 is 4.90 Å². The van der Waals surface area contributed by atoms with Crippen LogP contribution in [0.1, 0.15) is 12.7 Å². The van der Waals surface area contributed by atoms with Crippen molar-refractivity contribution in [3.8, 4) is 5.69 Å². The highest BCUT2D eigenvalue weighted by molar-refractivity contribution is 6.30. The molecule has 0 spiro atoms. The van der Waals surface area contributed by atoms with Crippen molar-refractivity contribution < 1.29 is 0 Å². The van der Waals surface area contributed by atoms with Gasteiger partial charge in [0, 0.05) is 17.6 Å². The molecule has 0 aliphatic carbocycles. The van der Waals surface area contributed by atoms with Crippen LogP contribution in [0.4, 0.5) is 0 Å². The van der Waals surface area contributed by atoms with Crippen molar-refractivity contribution in [3.05, 3.63) is 53.5 Å². The molecule has 1 unspecified atom stereocenters. The maximum absolute atomic E-state index is 5.84. The average Bonchev–Trinajstić information content (AvgIpc) is 2.96. The predicted molar refractivity (Wildman–Crippen MR) is 78.5 cm³/mol. The van der Waals surface area contributed by atoms with E-state index >= 15 is 0 Å². The monoisotopic (exact) mass is 287 g/mol. The highest BCUT2D eigenvalue weighted by atomic mass is 35.5. The van der Waals surface area contributed by atoms with Gasteiger partial charge in [-0.2, -0.15) is 0 Å². The highest BCUT2D eigenvalue weighted by Gasteiger charge is 2.24. The minimum absolute atomic E-state index is 0.573. The maximum Gasteiger partial charge on any atom is 0.198 e. The average molecular weight is 288 g/mol. The molecule has 2 heterocycles. The first-order chi connectivity index (χ1) is 9.72. The second-order valence-electron chi connectivity index (χ2n) is 4.66. The van der Waals surface area contributed by atoms with Gasteiger partial charge in [-0.3, -0.25) is 0 Å². The van der Waals surface area contributed by atoms with Crippen LogP contribution in [0.5, 0.6) is 0 Å². The molecule has 1 aromatic carbocycles. The van der Waals surface area contributed by atoms with E-state index in [1.807, 2.05) is 30.4 Å². The zero-order chi connectivity index (χ0) is 13.9. The van der Waals surface area contributed by atoms with Crippen molar-refractivity contribution in [2.45, 2.75) is 13.0 Å². The van der Waals surface area contributed by atoms with Gasteiger partial charge in [0.15, 0.2) is 5.82 Å².